The van der Waals surface area contributed by atoms with Gasteiger partial charge in [0.2, 0.25) is 5.91 Å². The number of fused-ring (bicyclic) bond motifs is 1. The van der Waals surface area contributed by atoms with Crippen LogP contribution in [0.4, 0.5) is 13.2 Å². The standard InChI is InChI=1S/C28H27ClF3N5O3/c1-35(2)10-9-33-26(38)21-15-36(14-20(21)17-6-4-3-5-7-17)27(39)23-24(29)37-13-19(18-8-11-40-16-18)12-22(25(37)34-23)28(30,31)32/h3-8,11-13,16,20-21H,9-10,14-15H2,1-2H3,(H,33,38)/t20-,21+/m0/s1. The van der Waals surface area contributed by atoms with E-state index in [-0.39, 0.29) is 41.3 Å². The molecule has 1 fully saturated rings. The molecule has 1 aromatic carbocycles. The highest BCUT2D eigenvalue weighted by atomic mass is 35.5. The Bertz CT molecular complexity index is 1520. The van der Waals surface area contributed by atoms with Gasteiger partial charge in [0.15, 0.2) is 11.3 Å². The second-order valence-electron chi connectivity index (χ2n) is 10.0. The summed E-state index contributed by atoms with van der Waals surface area (Å²) in [5.41, 5.74) is -0.323. The molecule has 0 saturated carbocycles. The van der Waals surface area contributed by atoms with Crippen LogP contribution >= 0.6 is 11.6 Å². The van der Waals surface area contributed by atoms with Crippen LogP contribution in [0.25, 0.3) is 16.8 Å². The van der Waals surface area contributed by atoms with Gasteiger partial charge in [0, 0.05) is 49.4 Å². The molecule has 12 heteroatoms. The van der Waals surface area contributed by atoms with E-state index < -0.39 is 29.2 Å². The number of benzene rings is 1. The van der Waals surface area contributed by atoms with Crippen molar-refractivity contribution in [2.75, 3.05) is 40.3 Å². The van der Waals surface area contributed by atoms with Gasteiger partial charge in [-0.1, -0.05) is 41.9 Å². The van der Waals surface area contributed by atoms with Crippen molar-refractivity contribution in [3.8, 4) is 11.1 Å². The maximum Gasteiger partial charge on any atom is 0.420 e. The van der Waals surface area contributed by atoms with Gasteiger partial charge in [0.05, 0.1) is 24.0 Å². The van der Waals surface area contributed by atoms with Crippen molar-refractivity contribution in [1.29, 1.82) is 0 Å². The Balaban J connectivity index is 1.49. The van der Waals surface area contributed by atoms with Gasteiger partial charge in [0.25, 0.3) is 5.91 Å². The molecule has 8 nitrogen and oxygen atoms in total. The molecule has 2 atom stereocenters. The number of imidazole rings is 1. The maximum absolute atomic E-state index is 14.1. The molecule has 40 heavy (non-hydrogen) atoms. The number of furan rings is 1. The summed E-state index contributed by atoms with van der Waals surface area (Å²) < 4.78 is 48.2. The number of likely N-dealkylation sites (tertiary alicyclic amines) is 1. The third-order valence-corrected chi connectivity index (χ3v) is 7.42. The lowest BCUT2D eigenvalue weighted by Crippen LogP contribution is -2.38. The molecule has 4 aromatic rings. The highest BCUT2D eigenvalue weighted by Gasteiger charge is 2.42. The number of hydrogen-bond donors (Lipinski definition) is 1. The van der Waals surface area contributed by atoms with E-state index in [1.807, 2.05) is 49.3 Å². The minimum absolute atomic E-state index is 0.0722. The molecule has 3 aromatic heterocycles. The highest BCUT2D eigenvalue weighted by Crippen LogP contribution is 2.38. The molecule has 0 spiro atoms. The van der Waals surface area contributed by atoms with Gasteiger partial charge in [-0.3, -0.25) is 14.0 Å². The smallest absolute Gasteiger partial charge is 0.420 e. The summed E-state index contributed by atoms with van der Waals surface area (Å²) in [6.07, 6.45) is -0.701. The molecule has 210 valence electrons. The van der Waals surface area contributed by atoms with E-state index in [0.29, 0.717) is 18.7 Å². The number of carbonyl (C=O) groups is 2. The number of nitrogens with one attached hydrogen (secondary N) is 1. The number of nitrogens with zero attached hydrogens (tertiary/aromatic N) is 4. The van der Waals surface area contributed by atoms with E-state index in [2.05, 4.69) is 10.3 Å². The summed E-state index contributed by atoms with van der Waals surface area (Å²) in [5, 5.41) is 2.69. The van der Waals surface area contributed by atoms with Crippen molar-refractivity contribution in [3.05, 3.63) is 83.2 Å². The number of pyridine rings is 1. The number of hydrogen-bond acceptors (Lipinski definition) is 5. The van der Waals surface area contributed by atoms with Crippen LogP contribution in [0, 0.1) is 5.92 Å². The maximum atomic E-state index is 14.1. The van der Waals surface area contributed by atoms with Crippen molar-refractivity contribution >= 4 is 29.1 Å². The molecule has 1 aliphatic rings. The van der Waals surface area contributed by atoms with Gasteiger partial charge in [-0.15, -0.1) is 0 Å². The van der Waals surface area contributed by atoms with Crippen molar-refractivity contribution in [3.63, 3.8) is 0 Å². The fourth-order valence-corrected chi connectivity index (χ4v) is 5.26. The van der Waals surface area contributed by atoms with Gasteiger partial charge < -0.3 is 19.5 Å². The highest BCUT2D eigenvalue weighted by molar-refractivity contribution is 6.33. The average Bonchev–Trinajstić information content (AvgIpc) is 3.67. The van der Waals surface area contributed by atoms with E-state index in [4.69, 9.17) is 16.0 Å². The van der Waals surface area contributed by atoms with Gasteiger partial charge in [-0.2, -0.15) is 13.2 Å². The molecule has 0 aliphatic carbocycles. The Kier molecular flexibility index (Phi) is 7.61. The van der Waals surface area contributed by atoms with E-state index in [0.717, 1.165) is 16.0 Å². The first kappa shape index (κ1) is 27.7. The predicted molar refractivity (Wildman–Crippen MR) is 143 cm³/mol. The monoisotopic (exact) mass is 573 g/mol. The summed E-state index contributed by atoms with van der Waals surface area (Å²) in [6.45, 7) is 1.35. The molecule has 1 aliphatic heterocycles. The van der Waals surface area contributed by atoms with Crippen LogP contribution < -0.4 is 5.32 Å². The average molecular weight is 574 g/mol. The summed E-state index contributed by atoms with van der Waals surface area (Å²) in [5.74, 6) is -1.70. The second kappa shape index (κ2) is 11.0. The number of alkyl halides is 3. The van der Waals surface area contributed by atoms with Crippen LogP contribution in [-0.2, 0) is 11.0 Å². The fraction of sp³-hybridized carbons (Fsp3) is 0.321. The van der Waals surface area contributed by atoms with Crippen molar-refractivity contribution < 1.29 is 27.2 Å². The number of aromatic nitrogens is 2. The van der Waals surface area contributed by atoms with Crippen LogP contribution in [-0.4, -0.2) is 71.3 Å². The number of rotatable bonds is 7. The van der Waals surface area contributed by atoms with Crippen molar-refractivity contribution in [2.24, 2.45) is 5.92 Å². The lowest BCUT2D eigenvalue weighted by molar-refractivity contribution is -0.136. The van der Waals surface area contributed by atoms with Gasteiger partial charge in [0.1, 0.15) is 5.15 Å². The van der Waals surface area contributed by atoms with Crippen LogP contribution in [0.5, 0.6) is 0 Å². The van der Waals surface area contributed by atoms with Crippen LogP contribution in [0.1, 0.15) is 27.5 Å². The number of halogens is 4. The Morgan fingerprint density at radius 1 is 1.15 bits per heavy atom. The Hall–Kier alpha value is -3.83. The first-order valence-electron chi connectivity index (χ1n) is 12.6. The first-order chi connectivity index (χ1) is 19.0. The third kappa shape index (κ3) is 5.44. The zero-order chi connectivity index (χ0) is 28.6. The van der Waals surface area contributed by atoms with Gasteiger partial charge in [-0.25, -0.2) is 4.98 Å². The van der Waals surface area contributed by atoms with E-state index >= 15 is 0 Å². The third-order valence-electron chi connectivity index (χ3n) is 7.05. The topological polar surface area (TPSA) is 83.1 Å². The molecule has 5 rings (SSSR count). The predicted octanol–water partition coefficient (Wildman–Crippen LogP) is 4.80. The normalized spacial score (nSPS) is 17.6. The minimum Gasteiger partial charge on any atom is -0.472 e. The zero-order valence-electron chi connectivity index (χ0n) is 21.8. The Labute approximate surface area is 233 Å². The molecule has 4 heterocycles. The van der Waals surface area contributed by atoms with E-state index in [1.165, 1.54) is 29.7 Å². The molecule has 1 N–H and O–H groups in total. The molecular weight excluding hydrogens is 547 g/mol. The number of amides is 2. The lowest BCUT2D eigenvalue weighted by Gasteiger charge is -2.19. The minimum atomic E-state index is -4.75. The molecular formula is C28H27ClF3N5O3. The van der Waals surface area contributed by atoms with Gasteiger partial charge in [-0.05, 0) is 31.8 Å². The van der Waals surface area contributed by atoms with Crippen LogP contribution in [0.2, 0.25) is 5.15 Å². The number of likely N-dealkylation sites (N-methyl/N-ethyl adjacent to an activating group) is 1. The molecule has 2 amide bonds. The van der Waals surface area contributed by atoms with Crippen LogP contribution in [0.15, 0.2) is 65.6 Å². The number of carbonyl (C=O) groups excluding carboxylic acids is 2. The summed E-state index contributed by atoms with van der Waals surface area (Å²) in [7, 11) is 3.80. The first-order valence-corrected chi connectivity index (χ1v) is 13.0. The lowest BCUT2D eigenvalue weighted by atomic mass is 9.88. The van der Waals surface area contributed by atoms with Crippen molar-refractivity contribution in [2.45, 2.75) is 12.1 Å². The quantitative estimate of drug-likeness (QED) is 0.343. The second-order valence-corrected chi connectivity index (χ2v) is 10.4. The van der Waals surface area contributed by atoms with Gasteiger partial charge >= 0.3 is 6.18 Å². The zero-order valence-corrected chi connectivity index (χ0v) is 22.5. The summed E-state index contributed by atoms with van der Waals surface area (Å²) in [6, 6.07) is 11.8. The Morgan fingerprint density at radius 2 is 1.90 bits per heavy atom. The summed E-state index contributed by atoms with van der Waals surface area (Å²) in [4.78, 5) is 34.3. The molecule has 1 saturated heterocycles. The molecule has 0 radical (unpaired) electrons. The SMILES string of the molecule is CN(C)CCNC(=O)[C@@H]1CN(C(=O)c2nc3c(C(F)(F)F)cc(-c4ccoc4)cn3c2Cl)C[C@H]1c1ccccc1. The fourth-order valence-electron chi connectivity index (χ4n) is 5.01. The van der Waals surface area contributed by atoms with Crippen LogP contribution in [0.3, 0.4) is 0 Å². The van der Waals surface area contributed by atoms with Crippen molar-refractivity contribution in [1.82, 2.24) is 24.5 Å². The van der Waals surface area contributed by atoms with E-state index in [1.54, 1.807) is 0 Å². The summed E-state index contributed by atoms with van der Waals surface area (Å²) >= 11 is 6.51. The van der Waals surface area contributed by atoms with E-state index in [9.17, 15) is 22.8 Å². The Morgan fingerprint density at radius 3 is 2.55 bits per heavy atom. The largest absolute Gasteiger partial charge is 0.472 e. The molecule has 0 bridgehead atoms. The molecule has 0 unspecified atom stereocenters.